The van der Waals surface area contributed by atoms with E-state index in [0.29, 0.717) is 29.5 Å². The highest BCUT2D eigenvalue weighted by molar-refractivity contribution is 5.66. The number of rotatable bonds is 6. The van der Waals surface area contributed by atoms with Gasteiger partial charge in [-0.2, -0.15) is 0 Å². The zero-order chi connectivity index (χ0) is 25.3. The van der Waals surface area contributed by atoms with Crippen LogP contribution in [0.3, 0.4) is 0 Å². The van der Waals surface area contributed by atoms with Gasteiger partial charge in [-0.05, 0) is 71.3 Å². The van der Waals surface area contributed by atoms with Crippen LogP contribution >= 0.6 is 0 Å². The van der Waals surface area contributed by atoms with Gasteiger partial charge in [-0.25, -0.2) is 0 Å². The number of hydrogen-bond donors (Lipinski definition) is 0. The van der Waals surface area contributed by atoms with Gasteiger partial charge in [-0.3, -0.25) is 0 Å². The molecule has 0 aliphatic carbocycles. The summed E-state index contributed by atoms with van der Waals surface area (Å²) in [6, 6.07) is 24.2. The van der Waals surface area contributed by atoms with Crippen LogP contribution in [0.5, 0.6) is 0 Å². The lowest BCUT2D eigenvalue weighted by molar-refractivity contribution is 0.581. The van der Waals surface area contributed by atoms with Crippen molar-refractivity contribution in [3.63, 3.8) is 0 Å². The summed E-state index contributed by atoms with van der Waals surface area (Å²) in [6.07, 6.45) is 1.04. The molecule has 2 aromatic heterocycles. The van der Waals surface area contributed by atoms with Crippen molar-refractivity contribution in [3.8, 4) is 45.8 Å². The molecule has 0 fully saturated rings. The van der Waals surface area contributed by atoms with Gasteiger partial charge >= 0.3 is 0 Å². The summed E-state index contributed by atoms with van der Waals surface area (Å²) in [4.78, 5) is 0. The van der Waals surface area contributed by atoms with Crippen molar-refractivity contribution >= 4 is 0 Å². The fourth-order valence-corrected chi connectivity index (χ4v) is 4.07. The predicted octanol–water partition coefficient (Wildman–Crippen LogP) is 7.62. The summed E-state index contributed by atoms with van der Waals surface area (Å²) in [5, 5.41) is 17.0. The lowest BCUT2D eigenvalue weighted by Crippen LogP contribution is -2.10. The summed E-state index contributed by atoms with van der Waals surface area (Å²) < 4.78 is 12.0. The second-order valence-electron chi connectivity index (χ2n) is 10.5. The lowest BCUT2D eigenvalue weighted by Gasteiger charge is -2.18. The minimum absolute atomic E-state index is 0.0881. The molecule has 0 amide bonds. The third-order valence-electron chi connectivity index (χ3n) is 6.05. The summed E-state index contributed by atoms with van der Waals surface area (Å²) in [6.45, 7) is 11.0. The van der Waals surface area contributed by atoms with E-state index in [4.69, 9.17) is 8.83 Å². The average molecular weight is 479 g/mol. The topological polar surface area (TPSA) is 77.8 Å². The molecule has 0 saturated heterocycles. The second-order valence-corrected chi connectivity index (χ2v) is 10.5. The first kappa shape index (κ1) is 23.7. The normalized spacial score (nSPS) is 11.8. The molecule has 0 aliphatic rings. The molecule has 0 atom stereocenters. The van der Waals surface area contributed by atoms with Gasteiger partial charge in [0.1, 0.15) is 0 Å². The van der Waals surface area contributed by atoms with Crippen molar-refractivity contribution in [3.05, 3.63) is 83.9 Å². The molecule has 0 N–H and O–H groups in total. The Hall–Kier alpha value is -4.06. The first-order valence-electron chi connectivity index (χ1n) is 12.2. The van der Waals surface area contributed by atoms with Crippen LogP contribution in [-0.2, 0) is 11.8 Å². The predicted molar refractivity (Wildman–Crippen MR) is 141 cm³/mol. The maximum absolute atomic E-state index is 6.00. The molecule has 0 bridgehead atoms. The largest absolute Gasteiger partial charge is 0.416 e. The highest BCUT2D eigenvalue weighted by Crippen LogP contribution is 2.30. The van der Waals surface area contributed by atoms with E-state index in [9.17, 15) is 0 Å². The Morgan fingerprint density at radius 3 is 1.50 bits per heavy atom. The number of nitrogens with zero attached hydrogens (tertiary/aromatic N) is 4. The first-order chi connectivity index (χ1) is 17.3. The van der Waals surface area contributed by atoms with E-state index >= 15 is 0 Å². The van der Waals surface area contributed by atoms with Crippen molar-refractivity contribution in [2.75, 3.05) is 0 Å². The minimum Gasteiger partial charge on any atom is -0.416 e. The van der Waals surface area contributed by atoms with Crippen molar-refractivity contribution in [1.82, 2.24) is 20.4 Å². The van der Waals surface area contributed by atoms with Crippen molar-refractivity contribution < 1.29 is 8.83 Å². The summed E-state index contributed by atoms with van der Waals surface area (Å²) in [5.41, 5.74) is 6.00. The Labute approximate surface area is 211 Å². The standard InChI is InChI=1S/C30H30N4O2/c1-19(2)17-20-9-11-21(12-10-20)26-31-33-28(35-26)23-7-6-8-24(18-23)29-34-32-27(36-29)22-13-15-25(16-14-22)30(3,4)5/h6-16,18-19H,17H2,1-5H3. The third-order valence-corrected chi connectivity index (χ3v) is 6.05. The molecule has 5 aromatic rings. The van der Waals surface area contributed by atoms with Crippen LogP contribution in [0.4, 0.5) is 0 Å². The van der Waals surface area contributed by atoms with Crippen LogP contribution in [0.25, 0.3) is 45.8 Å². The molecule has 3 aromatic carbocycles. The number of aromatic nitrogens is 4. The van der Waals surface area contributed by atoms with E-state index in [1.54, 1.807) is 0 Å². The maximum Gasteiger partial charge on any atom is 0.248 e. The Bertz CT molecular complexity index is 1460. The Morgan fingerprint density at radius 2 is 1.06 bits per heavy atom. The van der Waals surface area contributed by atoms with Crippen LogP contribution in [0.2, 0.25) is 0 Å². The molecule has 0 radical (unpaired) electrons. The van der Waals surface area contributed by atoms with E-state index in [-0.39, 0.29) is 5.41 Å². The average Bonchev–Trinajstić information content (AvgIpc) is 3.55. The molecule has 2 heterocycles. The van der Waals surface area contributed by atoms with Crippen LogP contribution in [0.15, 0.2) is 81.6 Å². The van der Waals surface area contributed by atoms with Gasteiger partial charge in [0.25, 0.3) is 0 Å². The summed E-state index contributed by atoms with van der Waals surface area (Å²) in [5.74, 6) is 2.46. The fraction of sp³-hybridized carbons (Fsp3) is 0.267. The van der Waals surface area contributed by atoms with Crippen molar-refractivity contribution in [2.24, 2.45) is 5.92 Å². The summed E-state index contributed by atoms with van der Waals surface area (Å²) in [7, 11) is 0. The zero-order valence-electron chi connectivity index (χ0n) is 21.3. The quantitative estimate of drug-likeness (QED) is 0.250. The van der Waals surface area contributed by atoms with E-state index in [1.807, 2.05) is 48.5 Å². The molecular formula is C30H30N4O2. The number of hydrogen-bond acceptors (Lipinski definition) is 6. The highest BCUT2D eigenvalue weighted by atomic mass is 16.4. The molecule has 6 heteroatoms. The third kappa shape index (κ3) is 5.13. The zero-order valence-corrected chi connectivity index (χ0v) is 21.3. The molecule has 36 heavy (non-hydrogen) atoms. The minimum atomic E-state index is 0.0881. The molecule has 0 spiro atoms. The Kier molecular flexibility index (Phi) is 6.27. The summed E-state index contributed by atoms with van der Waals surface area (Å²) >= 11 is 0. The highest BCUT2D eigenvalue weighted by Gasteiger charge is 2.17. The first-order valence-corrected chi connectivity index (χ1v) is 12.2. The molecule has 6 nitrogen and oxygen atoms in total. The molecular weight excluding hydrogens is 448 g/mol. The maximum atomic E-state index is 6.00. The van der Waals surface area contributed by atoms with E-state index in [0.717, 1.165) is 28.7 Å². The second kappa shape index (κ2) is 9.53. The van der Waals surface area contributed by atoms with Crippen LogP contribution in [0, 0.1) is 5.92 Å². The number of benzene rings is 3. The van der Waals surface area contributed by atoms with E-state index in [2.05, 4.69) is 79.3 Å². The molecule has 0 saturated carbocycles. The Balaban J connectivity index is 1.36. The lowest BCUT2D eigenvalue weighted by atomic mass is 9.87. The van der Waals surface area contributed by atoms with Gasteiger partial charge in [0.05, 0.1) is 0 Å². The van der Waals surface area contributed by atoms with E-state index in [1.165, 1.54) is 11.1 Å². The van der Waals surface area contributed by atoms with Crippen LogP contribution < -0.4 is 0 Å². The van der Waals surface area contributed by atoms with E-state index < -0.39 is 0 Å². The fourth-order valence-electron chi connectivity index (χ4n) is 4.07. The SMILES string of the molecule is CC(C)Cc1ccc(-c2nnc(-c3cccc(-c4nnc(-c5ccc(C(C)(C)C)cc5)o4)c3)o2)cc1. The van der Waals surface area contributed by atoms with Gasteiger partial charge in [0, 0.05) is 22.3 Å². The molecule has 0 unspecified atom stereocenters. The van der Waals surface area contributed by atoms with Gasteiger partial charge in [-0.1, -0.05) is 65.0 Å². The van der Waals surface area contributed by atoms with Crippen molar-refractivity contribution in [2.45, 2.75) is 46.5 Å². The monoisotopic (exact) mass is 478 g/mol. The van der Waals surface area contributed by atoms with Crippen LogP contribution in [-0.4, -0.2) is 20.4 Å². The Morgan fingerprint density at radius 1 is 0.611 bits per heavy atom. The van der Waals surface area contributed by atoms with Gasteiger partial charge < -0.3 is 8.83 Å². The molecule has 0 aliphatic heterocycles. The smallest absolute Gasteiger partial charge is 0.248 e. The van der Waals surface area contributed by atoms with Gasteiger partial charge in [-0.15, -0.1) is 20.4 Å². The van der Waals surface area contributed by atoms with Crippen molar-refractivity contribution in [1.29, 1.82) is 0 Å². The van der Waals surface area contributed by atoms with Crippen LogP contribution in [0.1, 0.15) is 45.7 Å². The van der Waals surface area contributed by atoms with Gasteiger partial charge in [0.2, 0.25) is 23.6 Å². The van der Waals surface area contributed by atoms with Gasteiger partial charge in [0.15, 0.2) is 0 Å². The molecule has 182 valence electrons. The molecule has 5 rings (SSSR count).